The second kappa shape index (κ2) is 23.4. The summed E-state index contributed by atoms with van der Waals surface area (Å²) in [7, 11) is 0. The van der Waals surface area contributed by atoms with Crippen molar-refractivity contribution in [2.45, 2.75) is 178 Å². The zero-order chi connectivity index (χ0) is 33.7. The number of rotatable bonds is 27. The van der Waals surface area contributed by atoms with Crippen LogP contribution in [0.25, 0.3) is 0 Å². The van der Waals surface area contributed by atoms with Crippen molar-refractivity contribution in [3.05, 3.63) is 0 Å². The van der Waals surface area contributed by atoms with Crippen molar-refractivity contribution in [3.63, 3.8) is 0 Å². The van der Waals surface area contributed by atoms with E-state index in [0.717, 1.165) is 31.4 Å². The molecule has 6 N–H and O–H groups in total. The van der Waals surface area contributed by atoms with Gasteiger partial charge in [0.1, 0.15) is 18.2 Å². The number of amides is 3. The van der Waals surface area contributed by atoms with Gasteiger partial charge in [-0.2, -0.15) is 11.8 Å². The van der Waals surface area contributed by atoms with Gasteiger partial charge in [0.2, 0.25) is 5.91 Å². The molecule has 2 rings (SSSR count). The predicted octanol–water partition coefficient (Wildman–Crippen LogP) is 4.28. The Balaban J connectivity index is 1.75. The lowest BCUT2D eigenvalue weighted by atomic mass is 9.94. The molecule has 2 aliphatic rings. The van der Waals surface area contributed by atoms with Crippen LogP contribution in [0, 0.1) is 0 Å². The molecule has 266 valence electrons. The fourth-order valence-electron chi connectivity index (χ4n) is 6.34. The number of esters is 1. The molecule has 7 atom stereocenters. The highest BCUT2D eigenvalue weighted by atomic mass is 32.2. The normalized spacial score (nSPS) is 21.5. The zero-order valence-electron chi connectivity index (χ0n) is 28.2. The maximum atomic E-state index is 13.3. The average Bonchev–Trinajstić information content (AvgIpc) is 3.59. The van der Waals surface area contributed by atoms with Crippen molar-refractivity contribution < 1.29 is 39.2 Å². The molecule has 2 heterocycles. The summed E-state index contributed by atoms with van der Waals surface area (Å²) in [4.78, 5) is 49.7. The van der Waals surface area contributed by atoms with E-state index in [1.807, 2.05) is 0 Å². The number of aliphatic hydroxyl groups excluding tert-OH is 3. The van der Waals surface area contributed by atoms with Gasteiger partial charge in [0.05, 0.1) is 18.7 Å². The van der Waals surface area contributed by atoms with E-state index < -0.39 is 48.6 Å². The van der Waals surface area contributed by atoms with Gasteiger partial charge in [-0.25, -0.2) is 4.79 Å². The third kappa shape index (κ3) is 15.3. The Morgan fingerprint density at radius 3 is 2.00 bits per heavy atom. The fraction of sp³-hybridized carbons (Fsp3) is 0.882. The van der Waals surface area contributed by atoms with Crippen LogP contribution in [0.4, 0.5) is 4.79 Å². The molecule has 0 aliphatic carbocycles. The zero-order valence-corrected chi connectivity index (χ0v) is 29.0. The van der Waals surface area contributed by atoms with E-state index in [9.17, 15) is 34.5 Å². The van der Waals surface area contributed by atoms with Crippen LogP contribution in [0.15, 0.2) is 0 Å². The third-order valence-corrected chi connectivity index (χ3v) is 10.6. The van der Waals surface area contributed by atoms with E-state index in [1.165, 1.54) is 71.1 Å². The molecule has 0 bridgehead atoms. The van der Waals surface area contributed by atoms with Crippen molar-refractivity contribution in [1.29, 1.82) is 0 Å². The van der Waals surface area contributed by atoms with Crippen molar-refractivity contribution in [2.75, 3.05) is 12.4 Å². The van der Waals surface area contributed by atoms with Gasteiger partial charge in [0, 0.05) is 30.8 Å². The van der Waals surface area contributed by atoms with Crippen LogP contribution in [0.3, 0.4) is 0 Å². The quantitative estimate of drug-likeness (QED) is 0.0423. The van der Waals surface area contributed by atoms with Gasteiger partial charge in [0.15, 0.2) is 11.9 Å². The summed E-state index contributed by atoms with van der Waals surface area (Å²) in [5.74, 6) is -0.745. The van der Waals surface area contributed by atoms with Crippen LogP contribution < -0.4 is 16.0 Å². The molecule has 12 heteroatoms. The lowest BCUT2D eigenvalue weighted by molar-refractivity contribution is -0.167. The number of Topliss-reactive ketones (excluding diaryl/α,β-unsaturated/α-hetero) is 1. The number of thioether (sulfide) groups is 1. The Labute approximate surface area is 280 Å². The molecular formula is C34H61N3O8S. The van der Waals surface area contributed by atoms with Gasteiger partial charge < -0.3 is 36.0 Å². The summed E-state index contributed by atoms with van der Waals surface area (Å²) < 4.78 is 5.53. The number of urea groups is 1. The monoisotopic (exact) mass is 671 g/mol. The standard InChI is InChI=1S/C34H61N3O8S/c1-3-4-5-6-7-8-9-10-11-12-13-14-15-16-19-26(40)31(35-24(2)39)33(32(43)27(41)22-38)45-29(42)21-18-17-20-28-30-25(23-46-28)36-34(44)37-30/h25,27-28,30-33,38,41,43H,3-23H2,1-2H3,(H,35,39)(H2,36,37,44)/t25-,27+,28-,30-,31-,32-,33+/m0/s1. The van der Waals surface area contributed by atoms with Gasteiger partial charge >= 0.3 is 12.0 Å². The van der Waals surface area contributed by atoms with Gasteiger partial charge in [-0.3, -0.25) is 14.4 Å². The Bertz CT molecular complexity index is 910. The summed E-state index contributed by atoms with van der Waals surface area (Å²) in [5, 5.41) is 39.0. The SMILES string of the molecule is CCCCCCCCCCCCCCCCC(=O)[C@H](NC(C)=O)[C@@H](OC(=O)CCCC[C@@H]1SC[C@@H]2NC(=O)N[C@@H]21)[C@@H](O)[C@H](O)CO. The summed E-state index contributed by atoms with van der Waals surface area (Å²) in [6, 6.07) is -1.29. The first kappa shape index (κ1) is 40.3. The number of hydrogen-bond donors (Lipinski definition) is 6. The number of fused-ring (bicyclic) bond motifs is 1. The molecule has 3 amide bonds. The van der Waals surface area contributed by atoms with E-state index in [0.29, 0.717) is 19.3 Å². The second-order valence-electron chi connectivity index (χ2n) is 13.1. The highest BCUT2D eigenvalue weighted by molar-refractivity contribution is 8.00. The number of carbonyl (C=O) groups is 4. The van der Waals surface area contributed by atoms with Crippen LogP contribution in [0.5, 0.6) is 0 Å². The van der Waals surface area contributed by atoms with Crippen LogP contribution in [-0.2, 0) is 19.1 Å². The largest absolute Gasteiger partial charge is 0.457 e. The lowest BCUT2D eigenvalue weighted by Gasteiger charge is -2.32. The molecule has 2 saturated heterocycles. The van der Waals surface area contributed by atoms with Crippen LogP contribution >= 0.6 is 11.8 Å². The average molecular weight is 672 g/mol. The predicted molar refractivity (Wildman–Crippen MR) is 180 cm³/mol. The maximum Gasteiger partial charge on any atom is 0.315 e. The van der Waals surface area contributed by atoms with E-state index >= 15 is 0 Å². The molecular weight excluding hydrogens is 610 g/mol. The first-order chi connectivity index (χ1) is 22.2. The van der Waals surface area contributed by atoms with E-state index in [1.54, 1.807) is 11.8 Å². The number of aliphatic hydroxyl groups is 3. The lowest BCUT2D eigenvalue weighted by Crippen LogP contribution is -2.57. The van der Waals surface area contributed by atoms with Crippen molar-refractivity contribution in [3.8, 4) is 0 Å². The van der Waals surface area contributed by atoms with Crippen molar-refractivity contribution in [2.24, 2.45) is 0 Å². The molecule has 0 saturated carbocycles. The van der Waals surface area contributed by atoms with Gasteiger partial charge in [-0.1, -0.05) is 96.8 Å². The van der Waals surface area contributed by atoms with Gasteiger partial charge in [0.25, 0.3) is 0 Å². The molecule has 46 heavy (non-hydrogen) atoms. The Morgan fingerprint density at radius 1 is 0.870 bits per heavy atom. The maximum absolute atomic E-state index is 13.3. The number of ether oxygens (including phenoxy) is 1. The number of unbranched alkanes of at least 4 members (excludes halogenated alkanes) is 14. The molecule has 0 unspecified atom stereocenters. The molecule has 0 aromatic heterocycles. The molecule has 0 spiro atoms. The summed E-state index contributed by atoms with van der Waals surface area (Å²) in [5.41, 5.74) is 0. The number of carbonyl (C=O) groups excluding carboxylic acids is 4. The first-order valence-electron chi connectivity index (χ1n) is 17.8. The van der Waals surface area contributed by atoms with Crippen LogP contribution in [0.2, 0.25) is 0 Å². The van der Waals surface area contributed by atoms with Crippen LogP contribution in [0.1, 0.15) is 136 Å². The smallest absolute Gasteiger partial charge is 0.315 e. The van der Waals surface area contributed by atoms with Crippen molar-refractivity contribution in [1.82, 2.24) is 16.0 Å². The highest BCUT2D eigenvalue weighted by Gasteiger charge is 2.43. The molecule has 0 aromatic carbocycles. The number of ketones is 1. The molecule has 2 aliphatic heterocycles. The first-order valence-corrected chi connectivity index (χ1v) is 18.9. The van der Waals surface area contributed by atoms with Gasteiger partial charge in [-0.15, -0.1) is 0 Å². The summed E-state index contributed by atoms with van der Waals surface area (Å²) in [6.45, 7) is 2.66. The van der Waals surface area contributed by atoms with E-state index in [-0.39, 0.29) is 36.2 Å². The Kier molecular flexibility index (Phi) is 20.5. The van der Waals surface area contributed by atoms with Gasteiger partial charge in [-0.05, 0) is 19.3 Å². The van der Waals surface area contributed by atoms with Crippen molar-refractivity contribution >= 4 is 35.5 Å². The molecule has 0 radical (unpaired) electrons. The van der Waals surface area contributed by atoms with Crippen LogP contribution in [-0.4, -0.2) is 93.1 Å². The minimum absolute atomic E-state index is 0.0223. The fourth-order valence-corrected chi connectivity index (χ4v) is 7.89. The van der Waals surface area contributed by atoms with E-state index in [4.69, 9.17) is 4.74 Å². The minimum Gasteiger partial charge on any atom is -0.457 e. The number of nitrogens with one attached hydrogen (secondary N) is 3. The molecule has 0 aromatic rings. The van der Waals surface area contributed by atoms with E-state index in [2.05, 4.69) is 22.9 Å². The second-order valence-corrected chi connectivity index (χ2v) is 14.3. The summed E-state index contributed by atoms with van der Waals surface area (Å²) >= 11 is 1.79. The molecule has 11 nitrogen and oxygen atoms in total. The summed E-state index contributed by atoms with van der Waals surface area (Å²) in [6.07, 6.45) is 13.7. The third-order valence-electron chi connectivity index (χ3n) is 9.05. The minimum atomic E-state index is -1.77. The Hall–Kier alpha value is -1.89. The number of hydrogen-bond acceptors (Lipinski definition) is 9. The Morgan fingerprint density at radius 2 is 1.43 bits per heavy atom. The topological polar surface area (TPSA) is 174 Å². The molecule has 2 fully saturated rings. The highest BCUT2D eigenvalue weighted by Crippen LogP contribution is 2.33.